The molecule has 0 saturated carbocycles. The SMILES string of the molecule is CO[Si](CCC[15N+](C)(C)C)(OC)OC.[Cl-]. The van der Waals surface area contributed by atoms with Crippen molar-refractivity contribution in [3.63, 3.8) is 0 Å². The fraction of sp³-hybridized carbons (Fsp3) is 1.00. The van der Waals surface area contributed by atoms with Gasteiger partial charge >= 0.3 is 8.80 Å². The van der Waals surface area contributed by atoms with Gasteiger partial charge in [0.05, 0.1) is 27.7 Å². The first-order chi connectivity index (χ1) is 6.39. The number of rotatable bonds is 7. The maximum Gasteiger partial charge on any atom is 0.500 e. The second kappa shape index (κ2) is 7.59. The third-order valence-electron chi connectivity index (χ3n) is 2.24. The predicted octanol–water partition coefficient (Wildman–Crippen LogP) is -2.04. The lowest BCUT2D eigenvalue weighted by molar-refractivity contribution is -0.870. The Bertz CT molecular complexity index is 152. The van der Waals surface area contributed by atoms with Crippen LogP contribution in [0.4, 0.5) is 0 Å². The van der Waals surface area contributed by atoms with Gasteiger partial charge in [-0.1, -0.05) is 0 Å². The van der Waals surface area contributed by atoms with Crippen molar-refractivity contribution in [2.24, 2.45) is 0 Å². The number of hydrogen-bond acceptors (Lipinski definition) is 3. The highest BCUT2D eigenvalue weighted by molar-refractivity contribution is 6.60. The maximum absolute atomic E-state index is 5.34. The minimum absolute atomic E-state index is 0. The molecule has 0 rings (SSSR count). The van der Waals surface area contributed by atoms with Crippen molar-refractivity contribution in [2.45, 2.75) is 12.5 Å². The Morgan fingerprint density at radius 1 is 0.933 bits per heavy atom. The van der Waals surface area contributed by atoms with E-state index in [0.29, 0.717) is 0 Å². The summed E-state index contributed by atoms with van der Waals surface area (Å²) in [4.78, 5) is 0. The van der Waals surface area contributed by atoms with Crippen LogP contribution in [0.1, 0.15) is 6.42 Å². The van der Waals surface area contributed by atoms with Crippen LogP contribution in [0, 0.1) is 0 Å². The van der Waals surface area contributed by atoms with Crippen LogP contribution in [0.3, 0.4) is 0 Å². The van der Waals surface area contributed by atoms with E-state index in [4.69, 9.17) is 13.3 Å². The average Bonchev–Trinajstić information content (AvgIpc) is 2.11. The molecule has 15 heavy (non-hydrogen) atoms. The first-order valence-electron chi connectivity index (χ1n) is 4.85. The zero-order chi connectivity index (χ0) is 11.2. The molecule has 0 heterocycles. The summed E-state index contributed by atoms with van der Waals surface area (Å²) in [6.07, 6.45) is 1.06. The lowest BCUT2D eigenvalue weighted by Crippen LogP contribution is -3.00. The molecule has 6 heteroatoms. The van der Waals surface area contributed by atoms with Gasteiger partial charge in [0.1, 0.15) is 0 Å². The summed E-state index contributed by atoms with van der Waals surface area (Å²) >= 11 is 0. The molecular weight excluding hydrogens is 235 g/mol. The maximum atomic E-state index is 5.34. The molecule has 0 saturated heterocycles. The van der Waals surface area contributed by atoms with Crippen molar-refractivity contribution >= 4 is 8.80 Å². The zero-order valence-corrected chi connectivity index (χ0v) is 12.4. The quantitative estimate of drug-likeness (QED) is 0.299. The molecule has 0 aromatic rings. The van der Waals surface area contributed by atoms with E-state index in [1.807, 2.05) is 0 Å². The fourth-order valence-corrected chi connectivity index (χ4v) is 3.03. The van der Waals surface area contributed by atoms with Crippen LogP contribution in [0.15, 0.2) is 0 Å². The second-order valence-electron chi connectivity index (χ2n) is 4.41. The number of quaternary nitrogens is 1. The van der Waals surface area contributed by atoms with E-state index < -0.39 is 8.80 Å². The summed E-state index contributed by atoms with van der Waals surface area (Å²) in [6, 6.07) is 0.881. The van der Waals surface area contributed by atoms with Crippen molar-refractivity contribution in [1.29, 1.82) is 0 Å². The van der Waals surface area contributed by atoms with Crippen LogP contribution >= 0.6 is 0 Å². The van der Waals surface area contributed by atoms with Gasteiger partial charge in [-0.3, -0.25) is 0 Å². The molecule has 0 unspecified atom stereocenters. The van der Waals surface area contributed by atoms with E-state index in [0.717, 1.165) is 23.5 Å². The van der Waals surface area contributed by atoms with Gasteiger partial charge in [0.15, 0.2) is 0 Å². The highest BCUT2D eigenvalue weighted by atomic mass is 35.5. The van der Waals surface area contributed by atoms with Crippen LogP contribution in [0.2, 0.25) is 6.04 Å². The fourth-order valence-electron chi connectivity index (χ4n) is 1.33. The molecule has 0 atom stereocenters. The zero-order valence-electron chi connectivity index (χ0n) is 10.7. The van der Waals surface area contributed by atoms with Gasteiger partial charge in [-0.05, 0) is 0 Å². The van der Waals surface area contributed by atoms with Crippen LogP contribution in [-0.4, -0.2) is 62.3 Å². The van der Waals surface area contributed by atoms with E-state index in [1.165, 1.54) is 0 Å². The van der Waals surface area contributed by atoms with Crippen molar-refractivity contribution in [3.8, 4) is 0 Å². The summed E-state index contributed by atoms with van der Waals surface area (Å²) in [5.74, 6) is 0. The van der Waals surface area contributed by atoms with Crippen molar-refractivity contribution < 1.29 is 30.2 Å². The number of halogens is 1. The molecule has 0 radical (unpaired) electrons. The average molecular weight is 259 g/mol. The van der Waals surface area contributed by atoms with Crippen LogP contribution in [0.25, 0.3) is 0 Å². The van der Waals surface area contributed by atoms with Gasteiger partial charge in [-0.25, -0.2) is 0 Å². The lowest BCUT2D eigenvalue weighted by atomic mass is 10.5. The Kier molecular flexibility index (Phi) is 8.98. The van der Waals surface area contributed by atoms with E-state index in [1.54, 1.807) is 21.3 Å². The Hall–Kier alpha value is 0.347. The Balaban J connectivity index is 0. The molecule has 0 N–H and O–H groups in total. The molecule has 0 aliphatic carbocycles. The molecule has 0 fully saturated rings. The molecular formula is C9H24ClNO3Si. The van der Waals surface area contributed by atoms with Gasteiger partial charge < -0.3 is 30.2 Å². The van der Waals surface area contributed by atoms with Crippen molar-refractivity contribution in [2.75, 3.05) is 49.0 Å². The van der Waals surface area contributed by atoms with Gasteiger partial charge in [0.2, 0.25) is 0 Å². The van der Waals surface area contributed by atoms with E-state index in [-0.39, 0.29) is 12.4 Å². The Labute approximate surface area is 101 Å². The van der Waals surface area contributed by atoms with E-state index in [9.17, 15) is 0 Å². The summed E-state index contributed by atoms with van der Waals surface area (Å²) < 4.78 is 17.0. The van der Waals surface area contributed by atoms with E-state index >= 15 is 0 Å². The monoisotopic (exact) mass is 258 g/mol. The summed E-state index contributed by atoms with van der Waals surface area (Å²) in [5, 5.41) is 0. The summed E-state index contributed by atoms with van der Waals surface area (Å²) in [7, 11) is 9.18. The third-order valence-corrected chi connectivity index (χ3v) is 5.08. The summed E-state index contributed by atoms with van der Waals surface area (Å²) in [5.41, 5.74) is 0. The summed E-state index contributed by atoms with van der Waals surface area (Å²) in [6.45, 7) is 1.10. The smallest absolute Gasteiger partial charge is 0.500 e. The minimum atomic E-state index is -2.33. The first kappa shape index (κ1) is 17.7. The van der Waals surface area contributed by atoms with Gasteiger partial charge in [-0.15, -0.1) is 0 Å². The minimum Gasteiger partial charge on any atom is -1.00 e. The normalized spacial score (nSPS) is 12.4. The predicted molar refractivity (Wildman–Crippen MR) is 59.1 cm³/mol. The third kappa shape index (κ3) is 7.27. The molecule has 0 aliphatic heterocycles. The molecule has 0 aliphatic rings. The standard InChI is InChI=1S/C9H24NO3Si.ClH/c1-10(2,3)8-7-9-14(11-4,12-5)13-6;/h7-9H2,1-6H3;1H/q+1;/p-1/i10+1;. The number of nitrogens with zero attached hydrogens (tertiary/aromatic N) is 1. The number of hydrogen-bond donors (Lipinski definition) is 0. The van der Waals surface area contributed by atoms with Gasteiger partial charge in [0.25, 0.3) is 0 Å². The van der Waals surface area contributed by atoms with Gasteiger partial charge in [-0.2, -0.15) is 0 Å². The largest absolute Gasteiger partial charge is 1.00 e. The molecule has 4 nitrogen and oxygen atoms in total. The topological polar surface area (TPSA) is 27.7 Å². The second-order valence-corrected chi connectivity index (χ2v) is 7.50. The molecule has 94 valence electrons. The van der Waals surface area contributed by atoms with Crippen LogP contribution in [-0.2, 0) is 13.3 Å². The highest BCUT2D eigenvalue weighted by Gasteiger charge is 2.37. The molecule has 0 aromatic carbocycles. The Morgan fingerprint density at radius 3 is 1.60 bits per heavy atom. The molecule has 0 spiro atoms. The van der Waals surface area contributed by atoms with Crippen molar-refractivity contribution in [1.82, 2.24) is 0 Å². The Morgan fingerprint density at radius 2 is 1.33 bits per heavy atom. The van der Waals surface area contributed by atoms with Crippen LogP contribution in [0.5, 0.6) is 0 Å². The first-order valence-corrected chi connectivity index (χ1v) is 6.78. The van der Waals surface area contributed by atoms with Crippen molar-refractivity contribution in [3.05, 3.63) is 0 Å². The highest BCUT2D eigenvalue weighted by Crippen LogP contribution is 2.15. The lowest BCUT2D eigenvalue weighted by Gasteiger charge is -2.27. The molecule has 0 aromatic heterocycles. The molecule has 0 amide bonds. The van der Waals surface area contributed by atoms with Crippen LogP contribution < -0.4 is 12.4 Å². The van der Waals surface area contributed by atoms with E-state index in [2.05, 4.69) is 21.1 Å². The van der Waals surface area contributed by atoms with Gasteiger partial charge in [0, 0.05) is 33.8 Å². The molecule has 0 bridgehead atoms.